The molecule has 1 N–H and O–H groups in total. The van der Waals surface area contributed by atoms with Crippen molar-refractivity contribution in [3.63, 3.8) is 0 Å². The lowest BCUT2D eigenvalue weighted by Crippen LogP contribution is -2.35. The van der Waals surface area contributed by atoms with Crippen LogP contribution in [0.5, 0.6) is 0 Å². The molecule has 1 saturated heterocycles. The van der Waals surface area contributed by atoms with E-state index in [0.29, 0.717) is 19.6 Å². The summed E-state index contributed by atoms with van der Waals surface area (Å²) in [5, 5.41) is 2.67. The molecule has 74 valence electrons. The van der Waals surface area contributed by atoms with E-state index in [-0.39, 0.29) is 17.8 Å². The number of carbonyl (C=O) groups excluding carboxylic acids is 2. The van der Waals surface area contributed by atoms with Gasteiger partial charge in [-0.25, -0.2) is 0 Å². The minimum Gasteiger partial charge on any atom is -0.368 e. The molecule has 0 aromatic carbocycles. The van der Waals surface area contributed by atoms with Gasteiger partial charge in [0.2, 0.25) is 5.91 Å². The predicted molar refractivity (Wildman–Crippen MR) is 47.3 cm³/mol. The summed E-state index contributed by atoms with van der Waals surface area (Å²) in [7, 11) is 0. The smallest absolute Gasteiger partial charge is 0.249 e. The molecule has 1 unspecified atom stereocenters. The summed E-state index contributed by atoms with van der Waals surface area (Å²) in [5.41, 5.74) is 0. The first-order chi connectivity index (χ1) is 6.20. The molecular weight excluding hydrogens is 170 g/mol. The minimum atomic E-state index is -0.285. The number of Topliss-reactive ketones (excluding diaryl/α,β-unsaturated/α-hetero) is 1. The maximum absolute atomic E-state index is 11.3. The number of ether oxygens (including phenoxy) is 1. The van der Waals surface area contributed by atoms with Gasteiger partial charge >= 0.3 is 0 Å². The van der Waals surface area contributed by atoms with E-state index in [0.717, 1.165) is 12.8 Å². The topological polar surface area (TPSA) is 55.4 Å². The van der Waals surface area contributed by atoms with Crippen molar-refractivity contribution in [2.45, 2.75) is 32.3 Å². The van der Waals surface area contributed by atoms with Gasteiger partial charge in [-0.05, 0) is 19.8 Å². The summed E-state index contributed by atoms with van der Waals surface area (Å²) < 4.78 is 5.18. The predicted octanol–water partition coefficient (Wildman–Crippen LogP) is 0.261. The highest BCUT2D eigenvalue weighted by Crippen LogP contribution is 2.11. The lowest BCUT2D eigenvalue weighted by molar-refractivity contribution is -0.130. The lowest BCUT2D eigenvalue weighted by Gasteiger charge is -2.08. The quantitative estimate of drug-likeness (QED) is 0.683. The maximum atomic E-state index is 11.3. The third-order valence-corrected chi connectivity index (χ3v) is 2.00. The van der Waals surface area contributed by atoms with E-state index in [9.17, 15) is 9.59 Å². The second-order valence-corrected chi connectivity index (χ2v) is 3.24. The van der Waals surface area contributed by atoms with Crippen LogP contribution in [0, 0.1) is 0 Å². The highest BCUT2D eigenvalue weighted by atomic mass is 16.5. The summed E-state index contributed by atoms with van der Waals surface area (Å²) in [5.74, 6) is 0.00592. The van der Waals surface area contributed by atoms with E-state index in [4.69, 9.17) is 4.74 Å². The molecule has 13 heavy (non-hydrogen) atoms. The standard InChI is InChI=1S/C9H15NO3/c1-7(11)4-5-10-9(12)8-3-2-6-13-8/h8H,2-6H2,1H3,(H,10,12). The van der Waals surface area contributed by atoms with Crippen LogP contribution in [0.1, 0.15) is 26.2 Å². The largest absolute Gasteiger partial charge is 0.368 e. The third-order valence-electron chi connectivity index (χ3n) is 2.00. The van der Waals surface area contributed by atoms with Gasteiger partial charge in [-0.15, -0.1) is 0 Å². The van der Waals surface area contributed by atoms with Crippen molar-refractivity contribution in [2.75, 3.05) is 13.2 Å². The first kappa shape index (κ1) is 10.2. The highest BCUT2D eigenvalue weighted by molar-refractivity contribution is 5.82. The van der Waals surface area contributed by atoms with E-state index in [1.54, 1.807) is 0 Å². The van der Waals surface area contributed by atoms with Crippen LogP contribution < -0.4 is 5.32 Å². The maximum Gasteiger partial charge on any atom is 0.249 e. The Bertz CT molecular complexity index is 197. The molecule has 1 amide bonds. The fraction of sp³-hybridized carbons (Fsp3) is 0.778. The monoisotopic (exact) mass is 185 g/mol. The van der Waals surface area contributed by atoms with Gasteiger partial charge in [0.15, 0.2) is 0 Å². The molecule has 0 bridgehead atoms. The fourth-order valence-electron chi connectivity index (χ4n) is 1.26. The Hall–Kier alpha value is -0.900. The Kier molecular flexibility index (Phi) is 3.89. The number of carbonyl (C=O) groups is 2. The van der Waals surface area contributed by atoms with E-state index in [2.05, 4.69) is 5.32 Å². The SMILES string of the molecule is CC(=O)CCNC(=O)C1CCCO1. The van der Waals surface area contributed by atoms with Crippen molar-refractivity contribution >= 4 is 11.7 Å². The van der Waals surface area contributed by atoms with Crippen LogP contribution in [0.2, 0.25) is 0 Å². The molecule has 0 aromatic heterocycles. The first-order valence-electron chi connectivity index (χ1n) is 4.59. The Balaban J connectivity index is 2.13. The molecule has 1 aliphatic heterocycles. The van der Waals surface area contributed by atoms with Crippen LogP contribution in [-0.4, -0.2) is 30.9 Å². The summed E-state index contributed by atoms with van der Waals surface area (Å²) in [6.07, 6.45) is 1.86. The van der Waals surface area contributed by atoms with Crippen LogP contribution in [0.25, 0.3) is 0 Å². The minimum absolute atomic E-state index is 0.0845. The summed E-state index contributed by atoms with van der Waals surface area (Å²) in [4.78, 5) is 21.8. The average Bonchev–Trinajstić information content (AvgIpc) is 2.55. The third kappa shape index (κ3) is 3.55. The number of ketones is 1. The molecule has 1 heterocycles. The Morgan fingerprint density at radius 3 is 2.85 bits per heavy atom. The first-order valence-corrected chi connectivity index (χ1v) is 4.59. The van der Waals surface area contributed by atoms with Crippen LogP contribution in [0.4, 0.5) is 0 Å². The van der Waals surface area contributed by atoms with Crippen molar-refractivity contribution in [3.05, 3.63) is 0 Å². The molecule has 4 nitrogen and oxygen atoms in total. The summed E-state index contributed by atoms with van der Waals surface area (Å²) >= 11 is 0. The molecule has 0 spiro atoms. The second kappa shape index (κ2) is 4.97. The lowest BCUT2D eigenvalue weighted by atomic mass is 10.2. The Morgan fingerprint density at radius 2 is 2.31 bits per heavy atom. The van der Waals surface area contributed by atoms with E-state index in [1.807, 2.05) is 0 Å². The molecule has 1 atom stereocenters. The van der Waals surface area contributed by atoms with Gasteiger partial charge in [-0.2, -0.15) is 0 Å². The molecule has 0 aromatic rings. The van der Waals surface area contributed by atoms with E-state index in [1.165, 1.54) is 6.92 Å². The average molecular weight is 185 g/mol. The van der Waals surface area contributed by atoms with Crippen molar-refractivity contribution < 1.29 is 14.3 Å². The Morgan fingerprint density at radius 1 is 1.54 bits per heavy atom. The Labute approximate surface area is 77.6 Å². The van der Waals surface area contributed by atoms with Crippen LogP contribution in [0.3, 0.4) is 0 Å². The second-order valence-electron chi connectivity index (χ2n) is 3.24. The summed E-state index contributed by atoms with van der Waals surface area (Å²) in [6.45, 7) is 2.61. The van der Waals surface area contributed by atoms with Gasteiger partial charge in [0, 0.05) is 19.6 Å². The van der Waals surface area contributed by atoms with Gasteiger partial charge in [0.05, 0.1) is 0 Å². The van der Waals surface area contributed by atoms with Gasteiger partial charge in [-0.1, -0.05) is 0 Å². The zero-order chi connectivity index (χ0) is 9.68. The normalized spacial score (nSPS) is 21.5. The molecule has 1 rings (SSSR count). The van der Waals surface area contributed by atoms with Crippen molar-refractivity contribution in [3.8, 4) is 0 Å². The van der Waals surface area contributed by atoms with Gasteiger partial charge in [-0.3, -0.25) is 9.59 Å². The fourth-order valence-corrected chi connectivity index (χ4v) is 1.26. The molecule has 0 aliphatic carbocycles. The molecule has 4 heteroatoms. The van der Waals surface area contributed by atoms with Crippen LogP contribution >= 0.6 is 0 Å². The van der Waals surface area contributed by atoms with E-state index < -0.39 is 0 Å². The zero-order valence-electron chi connectivity index (χ0n) is 7.84. The van der Waals surface area contributed by atoms with Crippen molar-refractivity contribution in [2.24, 2.45) is 0 Å². The number of hydrogen-bond donors (Lipinski definition) is 1. The highest BCUT2D eigenvalue weighted by Gasteiger charge is 2.22. The number of nitrogens with one attached hydrogen (secondary N) is 1. The summed E-state index contributed by atoms with van der Waals surface area (Å²) in [6, 6.07) is 0. The van der Waals surface area contributed by atoms with Crippen LogP contribution in [-0.2, 0) is 14.3 Å². The van der Waals surface area contributed by atoms with Gasteiger partial charge in [0.1, 0.15) is 11.9 Å². The molecular formula is C9H15NO3. The molecule has 1 fully saturated rings. The number of rotatable bonds is 4. The molecule has 0 radical (unpaired) electrons. The van der Waals surface area contributed by atoms with Gasteiger partial charge in [0.25, 0.3) is 0 Å². The van der Waals surface area contributed by atoms with Crippen molar-refractivity contribution in [1.82, 2.24) is 5.32 Å². The molecule has 1 aliphatic rings. The number of hydrogen-bond acceptors (Lipinski definition) is 3. The zero-order valence-corrected chi connectivity index (χ0v) is 7.84. The van der Waals surface area contributed by atoms with Crippen LogP contribution in [0.15, 0.2) is 0 Å². The van der Waals surface area contributed by atoms with Crippen molar-refractivity contribution in [1.29, 1.82) is 0 Å². The van der Waals surface area contributed by atoms with Gasteiger partial charge < -0.3 is 10.1 Å². The van der Waals surface area contributed by atoms with E-state index >= 15 is 0 Å². The number of amides is 1. The molecule has 0 saturated carbocycles.